The van der Waals surface area contributed by atoms with E-state index in [0.717, 1.165) is 32.6 Å². The van der Waals surface area contributed by atoms with Crippen molar-refractivity contribution in [3.8, 4) is 0 Å². The third-order valence-corrected chi connectivity index (χ3v) is 5.33. The highest BCUT2D eigenvalue weighted by atomic mass is 79.9. The van der Waals surface area contributed by atoms with Gasteiger partial charge < -0.3 is 4.74 Å². The van der Waals surface area contributed by atoms with Gasteiger partial charge in [-0.2, -0.15) is 0 Å². The molecule has 0 aliphatic carbocycles. The first-order chi connectivity index (χ1) is 12.2. The second kappa shape index (κ2) is 8.63. The fraction of sp³-hybridized carbons (Fsp3) is 0.190. The van der Waals surface area contributed by atoms with E-state index in [0.29, 0.717) is 6.61 Å². The Bertz CT molecular complexity index is 862. The maximum atomic E-state index is 12.3. The lowest BCUT2D eigenvalue weighted by Gasteiger charge is -2.10. The molecule has 0 saturated carbocycles. The quantitative estimate of drug-likeness (QED) is 0.336. The predicted molar refractivity (Wildman–Crippen MR) is 109 cm³/mol. The topological polar surface area (TPSA) is 26.3 Å². The highest BCUT2D eigenvalue weighted by Crippen LogP contribution is 2.20. The van der Waals surface area contributed by atoms with Gasteiger partial charge in [0, 0.05) is 10.7 Å². The molecule has 0 heterocycles. The van der Waals surface area contributed by atoms with Crippen LogP contribution in [0.15, 0.2) is 60.7 Å². The van der Waals surface area contributed by atoms with Crippen molar-refractivity contribution in [2.24, 2.45) is 0 Å². The summed E-state index contributed by atoms with van der Waals surface area (Å²) in [4.78, 5) is 12.3. The molecule has 0 unspecified atom stereocenters. The molecule has 3 aromatic rings. The summed E-state index contributed by atoms with van der Waals surface area (Å²) in [5, 5.41) is 3.81. The fourth-order valence-corrected chi connectivity index (χ4v) is 3.54. The minimum Gasteiger partial charge on any atom is -0.461 e. The third kappa shape index (κ3) is 4.71. The lowest BCUT2D eigenvalue weighted by molar-refractivity contribution is -0.144. The molecule has 0 aromatic heterocycles. The Labute approximate surface area is 164 Å². The van der Waals surface area contributed by atoms with Crippen LogP contribution in [0.25, 0.3) is 10.8 Å². The predicted octanol–water partition coefficient (Wildman–Crippen LogP) is 5.92. The lowest BCUT2D eigenvalue weighted by Crippen LogP contribution is -2.08. The second-order valence-corrected chi connectivity index (χ2v) is 7.02. The van der Waals surface area contributed by atoms with Gasteiger partial charge in [-0.25, -0.2) is 0 Å². The minimum atomic E-state index is -0.207. The highest BCUT2D eigenvalue weighted by Gasteiger charge is 2.09. The van der Waals surface area contributed by atoms with Crippen LogP contribution in [0, 0.1) is 0 Å². The zero-order chi connectivity index (χ0) is 17.6. The van der Waals surface area contributed by atoms with Gasteiger partial charge in [0.1, 0.15) is 6.61 Å². The molecule has 25 heavy (non-hydrogen) atoms. The van der Waals surface area contributed by atoms with Crippen molar-refractivity contribution in [2.45, 2.75) is 23.7 Å². The summed E-state index contributed by atoms with van der Waals surface area (Å²) in [6.07, 6.45) is 0.283. The van der Waals surface area contributed by atoms with E-state index in [2.05, 4.69) is 62.2 Å². The van der Waals surface area contributed by atoms with E-state index in [4.69, 9.17) is 4.74 Å². The van der Waals surface area contributed by atoms with Gasteiger partial charge in [0.2, 0.25) is 0 Å². The Morgan fingerprint density at radius 3 is 2.20 bits per heavy atom. The summed E-state index contributed by atoms with van der Waals surface area (Å²) in [6.45, 7) is 0.296. The fourth-order valence-electron chi connectivity index (χ4n) is 2.89. The molecule has 3 aromatic carbocycles. The zero-order valence-corrected chi connectivity index (χ0v) is 16.8. The summed E-state index contributed by atoms with van der Waals surface area (Å²) in [5.41, 5.74) is 4.37. The van der Waals surface area contributed by atoms with Crippen LogP contribution in [0.4, 0.5) is 0 Å². The molecule has 0 fully saturated rings. The Kier molecular flexibility index (Phi) is 6.27. The minimum absolute atomic E-state index is 0.207. The summed E-state index contributed by atoms with van der Waals surface area (Å²) in [6, 6.07) is 20.4. The number of alkyl halides is 2. The molecule has 0 aliphatic rings. The zero-order valence-electron chi connectivity index (χ0n) is 13.7. The second-order valence-electron chi connectivity index (χ2n) is 5.90. The number of carbonyl (C=O) groups excluding carboxylic acids is 1. The Morgan fingerprint density at radius 2 is 1.48 bits per heavy atom. The van der Waals surface area contributed by atoms with E-state index in [9.17, 15) is 4.79 Å². The van der Waals surface area contributed by atoms with Crippen LogP contribution in [-0.2, 0) is 33.2 Å². The number of halogens is 2. The molecular formula is C21H18Br2O2. The molecule has 0 amide bonds. The molecule has 128 valence electrons. The number of rotatable bonds is 6. The molecule has 0 atom stereocenters. The number of esters is 1. The van der Waals surface area contributed by atoms with Crippen LogP contribution in [0.2, 0.25) is 0 Å². The first-order valence-electron chi connectivity index (χ1n) is 8.05. The monoisotopic (exact) mass is 460 g/mol. The van der Waals surface area contributed by atoms with Gasteiger partial charge in [-0.15, -0.1) is 0 Å². The SMILES string of the molecule is O=C(Cc1cccc2ccccc12)OCc1cc(CBr)cc(CBr)c1. The molecular weight excluding hydrogens is 444 g/mol. The Hall–Kier alpha value is -1.65. The van der Waals surface area contributed by atoms with Crippen molar-refractivity contribution in [2.75, 3.05) is 0 Å². The van der Waals surface area contributed by atoms with Gasteiger partial charge in [-0.1, -0.05) is 92.5 Å². The van der Waals surface area contributed by atoms with Crippen molar-refractivity contribution in [3.05, 3.63) is 82.9 Å². The standard InChI is InChI=1S/C21H18Br2O2/c22-12-15-8-16(13-23)10-17(9-15)14-25-21(24)11-19-6-3-5-18-4-1-2-7-20(18)19/h1-10H,11-14H2. The largest absolute Gasteiger partial charge is 0.461 e. The van der Waals surface area contributed by atoms with E-state index in [1.54, 1.807) is 0 Å². The van der Waals surface area contributed by atoms with Gasteiger partial charge >= 0.3 is 5.97 Å². The molecule has 0 N–H and O–H groups in total. The Balaban J connectivity index is 1.69. The van der Waals surface area contributed by atoms with Crippen LogP contribution in [-0.4, -0.2) is 5.97 Å². The first kappa shape index (κ1) is 18.2. The van der Waals surface area contributed by atoms with Crippen LogP contribution in [0.5, 0.6) is 0 Å². The van der Waals surface area contributed by atoms with Gasteiger partial charge in [0.25, 0.3) is 0 Å². The number of ether oxygens (including phenoxy) is 1. The van der Waals surface area contributed by atoms with Crippen molar-refractivity contribution in [1.82, 2.24) is 0 Å². The number of hydrogen-bond acceptors (Lipinski definition) is 2. The van der Waals surface area contributed by atoms with Gasteiger partial charge in [0.05, 0.1) is 6.42 Å². The van der Waals surface area contributed by atoms with Gasteiger partial charge in [-0.3, -0.25) is 4.79 Å². The molecule has 0 spiro atoms. The maximum Gasteiger partial charge on any atom is 0.310 e. The number of hydrogen-bond donors (Lipinski definition) is 0. The van der Waals surface area contributed by atoms with E-state index in [-0.39, 0.29) is 12.4 Å². The normalized spacial score (nSPS) is 10.8. The number of carbonyl (C=O) groups is 1. The van der Waals surface area contributed by atoms with Crippen molar-refractivity contribution in [1.29, 1.82) is 0 Å². The molecule has 0 radical (unpaired) electrons. The molecule has 4 heteroatoms. The number of fused-ring (bicyclic) bond motifs is 1. The van der Waals surface area contributed by atoms with Crippen LogP contribution in [0.1, 0.15) is 22.3 Å². The van der Waals surface area contributed by atoms with Crippen LogP contribution in [0.3, 0.4) is 0 Å². The molecule has 0 saturated heterocycles. The van der Waals surface area contributed by atoms with E-state index >= 15 is 0 Å². The third-order valence-electron chi connectivity index (χ3n) is 4.04. The first-order valence-corrected chi connectivity index (χ1v) is 10.3. The summed E-state index contributed by atoms with van der Waals surface area (Å²) < 4.78 is 5.51. The molecule has 0 bridgehead atoms. The summed E-state index contributed by atoms with van der Waals surface area (Å²) >= 11 is 6.96. The number of benzene rings is 3. The van der Waals surface area contributed by atoms with Crippen LogP contribution >= 0.6 is 31.9 Å². The van der Waals surface area contributed by atoms with Crippen molar-refractivity contribution >= 4 is 48.6 Å². The Morgan fingerprint density at radius 1 is 0.840 bits per heavy atom. The summed E-state index contributed by atoms with van der Waals surface area (Å²) in [5.74, 6) is -0.207. The van der Waals surface area contributed by atoms with E-state index in [1.165, 1.54) is 11.1 Å². The van der Waals surface area contributed by atoms with Crippen molar-refractivity contribution in [3.63, 3.8) is 0 Å². The van der Waals surface area contributed by atoms with E-state index < -0.39 is 0 Å². The average Bonchev–Trinajstić information content (AvgIpc) is 2.66. The highest BCUT2D eigenvalue weighted by molar-refractivity contribution is 9.08. The van der Waals surface area contributed by atoms with Crippen molar-refractivity contribution < 1.29 is 9.53 Å². The smallest absolute Gasteiger partial charge is 0.310 e. The summed E-state index contributed by atoms with van der Waals surface area (Å²) in [7, 11) is 0. The lowest BCUT2D eigenvalue weighted by atomic mass is 10.0. The molecule has 3 rings (SSSR count). The van der Waals surface area contributed by atoms with E-state index in [1.807, 2.05) is 30.3 Å². The maximum absolute atomic E-state index is 12.3. The molecule has 2 nitrogen and oxygen atoms in total. The average molecular weight is 462 g/mol. The molecule has 0 aliphatic heterocycles. The van der Waals surface area contributed by atoms with Gasteiger partial charge in [0.15, 0.2) is 0 Å². The van der Waals surface area contributed by atoms with Gasteiger partial charge in [-0.05, 0) is 33.0 Å². The van der Waals surface area contributed by atoms with Crippen LogP contribution < -0.4 is 0 Å².